The lowest BCUT2D eigenvalue weighted by molar-refractivity contribution is 0.0945. The highest BCUT2D eigenvalue weighted by atomic mass is 35.5. The zero-order chi connectivity index (χ0) is 10.0. The van der Waals surface area contributed by atoms with Crippen molar-refractivity contribution in [3.05, 3.63) is 34.4 Å². The van der Waals surface area contributed by atoms with Gasteiger partial charge < -0.3 is 0 Å². The van der Waals surface area contributed by atoms with Crippen molar-refractivity contribution >= 4 is 17.5 Å². The summed E-state index contributed by atoms with van der Waals surface area (Å²) in [7, 11) is 0. The van der Waals surface area contributed by atoms with E-state index < -0.39 is 23.1 Å². The predicted octanol–water partition coefficient (Wildman–Crippen LogP) is 1.22. The van der Waals surface area contributed by atoms with Crippen LogP contribution in [0.2, 0.25) is 5.02 Å². The topological polar surface area (TPSA) is 55.1 Å². The molecule has 0 fully saturated rings. The molecule has 0 unspecified atom stereocenters. The van der Waals surface area contributed by atoms with Crippen molar-refractivity contribution in [2.45, 2.75) is 0 Å². The average Bonchev–Trinajstić information content (AvgIpc) is 2.02. The number of carbonyl (C=O) groups excluding carboxylic acids is 1. The van der Waals surface area contributed by atoms with E-state index in [0.717, 1.165) is 12.1 Å². The highest BCUT2D eigenvalue weighted by Crippen LogP contribution is 2.18. The van der Waals surface area contributed by atoms with E-state index >= 15 is 0 Å². The van der Waals surface area contributed by atoms with E-state index in [2.05, 4.69) is 0 Å². The van der Waals surface area contributed by atoms with Gasteiger partial charge in [0.05, 0.1) is 0 Å². The van der Waals surface area contributed by atoms with Gasteiger partial charge in [-0.15, -0.1) is 0 Å². The molecular formula is C7H5ClF2N2O. The number of hydrazine groups is 1. The molecule has 6 heteroatoms. The molecule has 0 aliphatic rings. The van der Waals surface area contributed by atoms with Gasteiger partial charge in [-0.05, 0) is 12.1 Å². The van der Waals surface area contributed by atoms with Crippen molar-refractivity contribution < 1.29 is 13.6 Å². The second kappa shape index (κ2) is 3.68. The molecule has 13 heavy (non-hydrogen) atoms. The van der Waals surface area contributed by atoms with Crippen LogP contribution in [0.15, 0.2) is 12.1 Å². The fourth-order valence-corrected chi connectivity index (χ4v) is 1.02. The lowest BCUT2D eigenvalue weighted by atomic mass is 10.2. The molecule has 0 spiro atoms. The Morgan fingerprint density at radius 1 is 1.38 bits per heavy atom. The molecule has 0 bridgehead atoms. The van der Waals surface area contributed by atoms with E-state index in [4.69, 9.17) is 17.4 Å². The van der Waals surface area contributed by atoms with Crippen LogP contribution in [0.3, 0.4) is 0 Å². The summed E-state index contributed by atoms with van der Waals surface area (Å²) in [6.45, 7) is 0. The number of carbonyl (C=O) groups is 1. The van der Waals surface area contributed by atoms with Crippen LogP contribution in [-0.4, -0.2) is 5.91 Å². The molecule has 3 nitrogen and oxygen atoms in total. The summed E-state index contributed by atoms with van der Waals surface area (Å²) >= 11 is 5.33. The number of halogens is 3. The Kier molecular flexibility index (Phi) is 2.79. The molecule has 70 valence electrons. The lowest BCUT2D eigenvalue weighted by Gasteiger charge is -2.02. The summed E-state index contributed by atoms with van der Waals surface area (Å²) in [6, 6.07) is 1.66. The van der Waals surface area contributed by atoms with Crippen LogP contribution >= 0.6 is 11.6 Å². The van der Waals surface area contributed by atoms with Crippen LogP contribution in [-0.2, 0) is 0 Å². The molecule has 0 saturated heterocycles. The summed E-state index contributed by atoms with van der Waals surface area (Å²) in [5.41, 5.74) is 0.877. The summed E-state index contributed by atoms with van der Waals surface area (Å²) in [4.78, 5) is 10.8. The minimum absolute atomic E-state index is 0.122. The van der Waals surface area contributed by atoms with Gasteiger partial charge in [-0.3, -0.25) is 10.2 Å². The third kappa shape index (κ3) is 1.93. The van der Waals surface area contributed by atoms with Gasteiger partial charge >= 0.3 is 0 Å². The molecule has 0 heterocycles. The lowest BCUT2D eigenvalue weighted by Crippen LogP contribution is -2.31. The highest BCUT2D eigenvalue weighted by molar-refractivity contribution is 6.30. The van der Waals surface area contributed by atoms with Gasteiger partial charge in [-0.1, -0.05) is 11.6 Å². The van der Waals surface area contributed by atoms with Gasteiger partial charge in [-0.2, -0.15) is 0 Å². The molecule has 0 saturated carbocycles. The number of amides is 1. The highest BCUT2D eigenvalue weighted by Gasteiger charge is 2.16. The second-order valence-electron chi connectivity index (χ2n) is 2.22. The van der Waals surface area contributed by atoms with Crippen LogP contribution in [0.25, 0.3) is 0 Å². The maximum atomic E-state index is 12.9. The summed E-state index contributed by atoms with van der Waals surface area (Å²) in [5.74, 6) is 1.58. The van der Waals surface area contributed by atoms with Gasteiger partial charge in [0.2, 0.25) is 0 Å². The molecular weight excluding hydrogens is 202 g/mol. The fourth-order valence-electron chi connectivity index (χ4n) is 0.831. The SMILES string of the molecule is NNC(=O)c1c(F)cc(Cl)cc1F. The van der Waals surface area contributed by atoms with Crippen LogP contribution in [0.5, 0.6) is 0 Å². The number of nitrogens with two attached hydrogens (primary N) is 1. The molecule has 0 aliphatic carbocycles. The second-order valence-corrected chi connectivity index (χ2v) is 2.65. The molecule has 0 aliphatic heterocycles. The molecule has 3 N–H and O–H groups in total. The Bertz CT molecular complexity index is 333. The first-order chi connectivity index (χ1) is 6.06. The Balaban J connectivity index is 3.28. The number of hydrogen-bond donors (Lipinski definition) is 2. The van der Waals surface area contributed by atoms with Crippen molar-refractivity contribution in [3.63, 3.8) is 0 Å². The Morgan fingerprint density at radius 3 is 2.23 bits per heavy atom. The monoisotopic (exact) mass is 206 g/mol. The molecule has 1 amide bonds. The average molecular weight is 207 g/mol. The number of nitrogen functional groups attached to an aromatic ring is 1. The molecule has 1 rings (SSSR count). The van der Waals surface area contributed by atoms with Crippen molar-refractivity contribution in [1.29, 1.82) is 0 Å². The molecule has 0 atom stereocenters. The van der Waals surface area contributed by atoms with E-state index in [1.165, 1.54) is 0 Å². The maximum Gasteiger partial charge on any atom is 0.271 e. The van der Waals surface area contributed by atoms with Crippen LogP contribution in [0, 0.1) is 11.6 Å². The third-order valence-electron chi connectivity index (χ3n) is 1.37. The minimum atomic E-state index is -1.05. The predicted molar refractivity (Wildman–Crippen MR) is 43.0 cm³/mol. The van der Waals surface area contributed by atoms with Gasteiger partial charge in [0.25, 0.3) is 5.91 Å². The molecule has 0 radical (unpaired) electrons. The Labute approximate surface area is 77.5 Å². The van der Waals surface area contributed by atoms with E-state index in [1.807, 2.05) is 0 Å². The molecule has 1 aromatic rings. The summed E-state index contributed by atoms with van der Waals surface area (Å²) in [6.07, 6.45) is 0. The third-order valence-corrected chi connectivity index (χ3v) is 1.58. The normalized spacial score (nSPS) is 9.85. The van der Waals surface area contributed by atoms with E-state index in [1.54, 1.807) is 5.43 Å². The number of hydrogen-bond acceptors (Lipinski definition) is 2. The first-order valence-corrected chi connectivity index (χ1v) is 3.59. The van der Waals surface area contributed by atoms with Crippen LogP contribution in [0.4, 0.5) is 8.78 Å². The zero-order valence-electron chi connectivity index (χ0n) is 6.27. The van der Waals surface area contributed by atoms with Crippen LogP contribution < -0.4 is 11.3 Å². The van der Waals surface area contributed by atoms with Gasteiger partial charge in [0.1, 0.15) is 17.2 Å². The van der Waals surface area contributed by atoms with E-state index in [9.17, 15) is 13.6 Å². The van der Waals surface area contributed by atoms with Crippen molar-refractivity contribution in [2.75, 3.05) is 0 Å². The first-order valence-electron chi connectivity index (χ1n) is 3.21. The largest absolute Gasteiger partial charge is 0.290 e. The van der Waals surface area contributed by atoms with Crippen molar-refractivity contribution in [1.82, 2.24) is 5.43 Å². The smallest absolute Gasteiger partial charge is 0.271 e. The summed E-state index contributed by atoms with van der Waals surface area (Å²) in [5, 5.41) is -0.122. The van der Waals surface area contributed by atoms with Gasteiger partial charge in [0.15, 0.2) is 0 Å². The van der Waals surface area contributed by atoms with Gasteiger partial charge in [-0.25, -0.2) is 14.6 Å². The van der Waals surface area contributed by atoms with Crippen LogP contribution in [0.1, 0.15) is 10.4 Å². The first kappa shape index (κ1) is 9.88. The fraction of sp³-hybridized carbons (Fsp3) is 0. The van der Waals surface area contributed by atoms with Crippen molar-refractivity contribution in [2.24, 2.45) is 5.84 Å². The maximum absolute atomic E-state index is 12.9. The number of benzene rings is 1. The Morgan fingerprint density at radius 2 is 1.85 bits per heavy atom. The number of nitrogens with one attached hydrogen (secondary N) is 1. The Hall–Kier alpha value is -1.20. The standard InChI is InChI=1S/C7H5ClF2N2O/c8-3-1-4(9)6(5(10)2-3)7(13)12-11/h1-2H,11H2,(H,12,13). The molecule has 0 aromatic heterocycles. The van der Waals surface area contributed by atoms with E-state index in [0.29, 0.717) is 0 Å². The summed E-state index contributed by atoms with van der Waals surface area (Å²) < 4.78 is 25.8. The number of rotatable bonds is 1. The minimum Gasteiger partial charge on any atom is -0.290 e. The van der Waals surface area contributed by atoms with Gasteiger partial charge in [0, 0.05) is 5.02 Å². The zero-order valence-corrected chi connectivity index (χ0v) is 7.03. The van der Waals surface area contributed by atoms with E-state index in [-0.39, 0.29) is 5.02 Å². The molecule has 1 aromatic carbocycles. The van der Waals surface area contributed by atoms with Crippen molar-refractivity contribution in [3.8, 4) is 0 Å². The quantitative estimate of drug-likeness (QED) is 0.412.